The molecule has 5 nitrogen and oxygen atoms in total. The van der Waals surface area contributed by atoms with Crippen molar-refractivity contribution < 1.29 is 14.3 Å². The molecule has 0 saturated heterocycles. The Kier molecular flexibility index (Phi) is 2.82. The second-order valence-corrected chi connectivity index (χ2v) is 4.76. The van der Waals surface area contributed by atoms with Crippen LogP contribution in [0, 0.1) is 6.92 Å². The largest absolute Gasteiger partial charge is 0.481 e. The van der Waals surface area contributed by atoms with Gasteiger partial charge in [-0.25, -0.2) is 4.98 Å². The fourth-order valence-corrected chi connectivity index (χ4v) is 2.25. The fourth-order valence-electron chi connectivity index (χ4n) is 2.25. The van der Waals surface area contributed by atoms with Crippen LogP contribution < -0.4 is 0 Å². The van der Waals surface area contributed by atoms with Crippen molar-refractivity contribution in [1.82, 2.24) is 9.55 Å². The molecule has 0 unspecified atom stereocenters. The number of benzene rings is 1. The number of aryl methyl sites for hydroxylation is 2. The maximum Gasteiger partial charge on any atom is 0.311 e. The minimum atomic E-state index is -0.901. The van der Waals surface area contributed by atoms with Crippen molar-refractivity contribution >= 4 is 17.0 Å². The Labute approximate surface area is 115 Å². The van der Waals surface area contributed by atoms with Crippen molar-refractivity contribution in [2.24, 2.45) is 7.05 Å². The van der Waals surface area contributed by atoms with Gasteiger partial charge in [-0.3, -0.25) is 4.79 Å². The molecule has 0 saturated carbocycles. The number of rotatable bonds is 3. The topological polar surface area (TPSA) is 68.3 Å². The number of carboxylic acid groups (broad SMARTS) is 1. The zero-order chi connectivity index (χ0) is 14.3. The Morgan fingerprint density at radius 3 is 2.90 bits per heavy atom. The monoisotopic (exact) mass is 270 g/mol. The molecule has 2 heterocycles. The maximum absolute atomic E-state index is 10.7. The summed E-state index contributed by atoms with van der Waals surface area (Å²) >= 11 is 0. The summed E-state index contributed by atoms with van der Waals surface area (Å²) in [6, 6.07) is 9.37. The number of imidazole rings is 1. The average Bonchev–Trinajstić information content (AvgIpc) is 2.95. The summed E-state index contributed by atoms with van der Waals surface area (Å²) in [5, 5.41) is 8.75. The van der Waals surface area contributed by atoms with Gasteiger partial charge in [0.1, 0.15) is 23.8 Å². The van der Waals surface area contributed by atoms with Crippen molar-refractivity contribution in [1.29, 1.82) is 0 Å². The van der Waals surface area contributed by atoms with Crippen LogP contribution in [0.15, 0.2) is 34.7 Å². The first-order valence-electron chi connectivity index (χ1n) is 6.28. The van der Waals surface area contributed by atoms with Crippen LogP contribution in [0.25, 0.3) is 22.4 Å². The number of aromatic nitrogens is 2. The molecule has 1 N–H and O–H groups in total. The molecular weight excluding hydrogens is 256 g/mol. The summed E-state index contributed by atoms with van der Waals surface area (Å²) in [6.07, 6.45) is -0.106. The minimum absolute atomic E-state index is 0.106. The molecule has 0 aliphatic heterocycles. The Morgan fingerprint density at radius 1 is 1.35 bits per heavy atom. The molecule has 1 aromatic carbocycles. The van der Waals surface area contributed by atoms with E-state index in [2.05, 4.69) is 4.98 Å². The lowest BCUT2D eigenvalue weighted by Crippen LogP contribution is -1.97. The number of aliphatic carboxylic acids is 1. The Hall–Kier alpha value is -2.56. The second kappa shape index (κ2) is 4.52. The molecule has 3 aromatic rings. The van der Waals surface area contributed by atoms with Gasteiger partial charge in [0, 0.05) is 12.6 Å². The fraction of sp³-hybridized carbons (Fsp3) is 0.200. The zero-order valence-electron chi connectivity index (χ0n) is 11.3. The van der Waals surface area contributed by atoms with Gasteiger partial charge in [-0.15, -0.1) is 0 Å². The zero-order valence-corrected chi connectivity index (χ0v) is 11.3. The second-order valence-electron chi connectivity index (χ2n) is 4.76. The molecule has 0 aliphatic rings. The summed E-state index contributed by atoms with van der Waals surface area (Å²) in [6.45, 7) is 1.96. The van der Waals surface area contributed by atoms with Gasteiger partial charge < -0.3 is 14.1 Å². The normalized spacial score (nSPS) is 11.1. The van der Waals surface area contributed by atoms with Gasteiger partial charge in [0.15, 0.2) is 0 Å². The molecule has 0 amide bonds. The standard InChI is InChI=1S/C15H14N2O3/c1-9-16-12-7-10(3-5-13(12)17(9)2)14-6-4-11(20-14)8-15(18)19/h3-7H,8H2,1-2H3,(H,18,19). The van der Waals surface area contributed by atoms with Crippen LogP contribution in [0.5, 0.6) is 0 Å². The SMILES string of the molecule is Cc1nc2cc(-c3ccc(CC(=O)O)o3)ccc2n1C. The van der Waals surface area contributed by atoms with E-state index in [-0.39, 0.29) is 6.42 Å². The van der Waals surface area contributed by atoms with Crippen molar-refractivity contribution in [3.05, 3.63) is 41.9 Å². The molecule has 5 heteroatoms. The molecule has 20 heavy (non-hydrogen) atoms. The number of hydrogen-bond donors (Lipinski definition) is 1. The molecule has 0 atom stereocenters. The molecule has 2 aromatic heterocycles. The van der Waals surface area contributed by atoms with Gasteiger partial charge in [0.25, 0.3) is 0 Å². The lowest BCUT2D eigenvalue weighted by atomic mass is 10.1. The summed E-state index contributed by atoms with van der Waals surface area (Å²) in [4.78, 5) is 15.1. The first-order chi connectivity index (χ1) is 9.54. The predicted octanol–water partition coefficient (Wildman–Crippen LogP) is 2.77. The third kappa shape index (κ3) is 2.07. The maximum atomic E-state index is 10.7. The number of carboxylic acids is 1. The van der Waals surface area contributed by atoms with Gasteiger partial charge >= 0.3 is 5.97 Å². The third-order valence-electron chi connectivity index (χ3n) is 3.38. The molecular formula is C15H14N2O3. The molecule has 0 spiro atoms. The van der Waals surface area contributed by atoms with Gasteiger partial charge in [-0.1, -0.05) is 0 Å². The first-order valence-corrected chi connectivity index (χ1v) is 6.28. The number of hydrogen-bond acceptors (Lipinski definition) is 3. The summed E-state index contributed by atoms with van der Waals surface area (Å²) in [5.74, 6) is 1.15. The average molecular weight is 270 g/mol. The van der Waals surface area contributed by atoms with Crippen molar-refractivity contribution in [3.8, 4) is 11.3 Å². The van der Waals surface area contributed by atoms with Crippen LogP contribution in [-0.4, -0.2) is 20.6 Å². The lowest BCUT2D eigenvalue weighted by Gasteiger charge is -1.99. The summed E-state index contributed by atoms with van der Waals surface area (Å²) < 4.78 is 7.58. The van der Waals surface area contributed by atoms with E-state index in [1.165, 1.54) is 0 Å². The van der Waals surface area contributed by atoms with E-state index in [1.54, 1.807) is 12.1 Å². The van der Waals surface area contributed by atoms with Gasteiger partial charge in [-0.05, 0) is 37.3 Å². The lowest BCUT2D eigenvalue weighted by molar-refractivity contribution is -0.136. The van der Waals surface area contributed by atoms with Crippen molar-refractivity contribution in [3.63, 3.8) is 0 Å². The number of fused-ring (bicyclic) bond motifs is 1. The Bertz CT molecular complexity index is 799. The molecule has 0 fully saturated rings. The highest BCUT2D eigenvalue weighted by molar-refractivity contribution is 5.81. The quantitative estimate of drug-likeness (QED) is 0.794. The van der Waals surface area contributed by atoms with Crippen molar-refractivity contribution in [2.45, 2.75) is 13.3 Å². The molecule has 0 bridgehead atoms. The Balaban J connectivity index is 2.01. The van der Waals surface area contributed by atoms with E-state index in [9.17, 15) is 4.79 Å². The van der Waals surface area contributed by atoms with Crippen LogP contribution >= 0.6 is 0 Å². The van der Waals surface area contributed by atoms with E-state index >= 15 is 0 Å². The van der Waals surface area contributed by atoms with E-state index in [0.29, 0.717) is 11.5 Å². The predicted molar refractivity (Wildman–Crippen MR) is 74.5 cm³/mol. The van der Waals surface area contributed by atoms with Crippen molar-refractivity contribution in [2.75, 3.05) is 0 Å². The van der Waals surface area contributed by atoms with Crippen LogP contribution in [0.3, 0.4) is 0 Å². The molecule has 102 valence electrons. The van der Waals surface area contributed by atoms with E-state index < -0.39 is 5.97 Å². The molecule has 0 aliphatic carbocycles. The van der Waals surface area contributed by atoms with E-state index in [4.69, 9.17) is 9.52 Å². The summed E-state index contributed by atoms with van der Waals surface area (Å²) in [7, 11) is 1.97. The van der Waals surface area contributed by atoms with E-state index in [1.807, 2.05) is 36.7 Å². The van der Waals surface area contributed by atoms with Crippen LogP contribution in [-0.2, 0) is 18.3 Å². The highest BCUT2D eigenvalue weighted by Crippen LogP contribution is 2.26. The van der Waals surface area contributed by atoms with Crippen LogP contribution in [0.2, 0.25) is 0 Å². The van der Waals surface area contributed by atoms with Gasteiger partial charge in [0.2, 0.25) is 0 Å². The number of furan rings is 1. The third-order valence-corrected chi connectivity index (χ3v) is 3.38. The minimum Gasteiger partial charge on any atom is -0.481 e. The first kappa shape index (κ1) is 12.5. The number of nitrogens with zero attached hydrogens (tertiary/aromatic N) is 2. The van der Waals surface area contributed by atoms with Gasteiger partial charge in [-0.2, -0.15) is 0 Å². The molecule has 3 rings (SSSR count). The summed E-state index contributed by atoms with van der Waals surface area (Å²) in [5.41, 5.74) is 2.86. The molecule has 0 radical (unpaired) electrons. The van der Waals surface area contributed by atoms with Gasteiger partial charge in [0.05, 0.1) is 11.0 Å². The Morgan fingerprint density at radius 2 is 2.15 bits per heavy atom. The van der Waals surface area contributed by atoms with E-state index in [0.717, 1.165) is 22.4 Å². The number of carbonyl (C=O) groups is 1. The highest BCUT2D eigenvalue weighted by Gasteiger charge is 2.10. The van der Waals surface area contributed by atoms with Crippen LogP contribution in [0.4, 0.5) is 0 Å². The van der Waals surface area contributed by atoms with Crippen LogP contribution in [0.1, 0.15) is 11.6 Å². The highest BCUT2D eigenvalue weighted by atomic mass is 16.4. The smallest absolute Gasteiger partial charge is 0.311 e.